The molecule has 0 saturated carbocycles. The molecular formula is C21H24N4O3. The summed E-state index contributed by atoms with van der Waals surface area (Å²) < 4.78 is 0. The highest BCUT2D eigenvalue weighted by Gasteiger charge is 2.24. The molecule has 0 spiro atoms. The minimum Gasteiger partial charge on any atom is -0.339 e. The second-order valence-electron chi connectivity index (χ2n) is 6.98. The Hall–Kier alpha value is -3.22. The SMILES string of the molecule is CC(=O)N1CCN(C(=O)c2cccc(C(=O)Nc3cc(C)ccc3C)n2)CC1. The average molecular weight is 380 g/mol. The predicted octanol–water partition coefficient (Wildman–Crippen LogP) is 2.26. The van der Waals surface area contributed by atoms with Crippen molar-refractivity contribution in [2.24, 2.45) is 0 Å². The number of carbonyl (C=O) groups excluding carboxylic acids is 3. The summed E-state index contributed by atoms with van der Waals surface area (Å²) in [7, 11) is 0. The van der Waals surface area contributed by atoms with E-state index in [0.29, 0.717) is 26.2 Å². The van der Waals surface area contributed by atoms with E-state index in [1.54, 1.807) is 28.0 Å². The molecule has 1 saturated heterocycles. The number of hydrogen-bond donors (Lipinski definition) is 1. The van der Waals surface area contributed by atoms with Crippen molar-refractivity contribution in [3.8, 4) is 0 Å². The number of nitrogens with one attached hydrogen (secondary N) is 1. The Bertz CT molecular complexity index is 918. The zero-order chi connectivity index (χ0) is 20.3. The van der Waals surface area contributed by atoms with E-state index in [-0.39, 0.29) is 29.1 Å². The molecule has 0 unspecified atom stereocenters. The zero-order valence-electron chi connectivity index (χ0n) is 16.4. The van der Waals surface area contributed by atoms with Crippen LogP contribution in [0.2, 0.25) is 0 Å². The molecule has 1 fully saturated rings. The number of carbonyl (C=O) groups is 3. The molecule has 2 aromatic rings. The van der Waals surface area contributed by atoms with Crippen molar-refractivity contribution in [2.75, 3.05) is 31.5 Å². The van der Waals surface area contributed by atoms with Crippen LogP contribution in [0.3, 0.4) is 0 Å². The fraction of sp³-hybridized carbons (Fsp3) is 0.333. The monoisotopic (exact) mass is 380 g/mol. The number of anilines is 1. The minimum absolute atomic E-state index is 0.00957. The molecule has 28 heavy (non-hydrogen) atoms. The largest absolute Gasteiger partial charge is 0.339 e. The molecule has 0 radical (unpaired) electrons. The third kappa shape index (κ3) is 4.36. The molecule has 1 aromatic carbocycles. The Morgan fingerprint density at radius 1 is 0.929 bits per heavy atom. The number of nitrogens with zero attached hydrogens (tertiary/aromatic N) is 3. The summed E-state index contributed by atoms with van der Waals surface area (Å²) >= 11 is 0. The van der Waals surface area contributed by atoms with Crippen molar-refractivity contribution in [3.63, 3.8) is 0 Å². The van der Waals surface area contributed by atoms with E-state index >= 15 is 0 Å². The number of pyridine rings is 1. The molecule has 0 aliphatic carbocycles. The molecule has 3 rings (SSSR count). The van der Waals surface area contributed by atoms with Gasteiger partial charge in [0, 0.05) is 38.8 Å². The van der Waals surface area contributed by atoms with Gasteiger partial charge in [-0.2, -0.15) is 0 Å². The van der Waals surface area contributed by atoms with Crippen molar-refractivity contribution in [2.45, 2.75) is 20.8 Å². The number of amides is 3. The highest BCUT2D eigenvalue weighted by atomic mass is 16.2. The maximum absolute atomic E-state index is 12.7. The Labute approximate surface area is 164 Å². The minimum atomic E-state index is -0.357. The van der Waals surface area contributed by atoms with E-state index in [2.05, 4.69) is 10.3 Å². The Morgan fingerprint density at radius 3 is 2.25 bits per heavy atom. The van der Waals surface area contributed by atoms with Gasteiger partial charge in [0.2, 0.25) is 5.91 Å². The molecule has 3 amide bonds. The number of aryl methyl sites for hydroxylation is 2. The van der Waals surface area contributed by atoms with E-state index in [0.717, 1.165) is 16.8 Å². The van der Waals surface area contributed by atoms with Crippen LogP contribution in [0.4, 0.5) is 5.69 Å². The van der Waals surface area contributed by atoms with Gasteiger partial charge in [0.25, 0.3) is 11.8 Å². The Morgan fingerprint density at radius 2 is 1.57 bits per heavy atom. The summed E-state index contributed by atoms with van der Waals surface area (Å²) in [6, 6.07) is 10.7. The van der Waals surface area contributed by atoms with Gasteiger partial charge < -0.3 is 15.1 Å². The highest BCUT2D eigenvalue weighted by molar-refractivity contribution is 6.04. The lowest BCUT2D eigenvalue weighted by Gasteiger charge is -2.34. The number of piperazine rings is 1. The second kappa shape index (κ2) is 8.21. The summed E-state index contributed by atoms with van der Waals surface area (Å²) in [5.74, 6) is -0.579. The van der Waals surface area contributed by atoms with E-state index in [1.165, 1.54) is 6.92 Å². The Balaban J connectivity index is 1.71. The van der Waals surface area contributed by atoms with Crippen molar-refractivity contribution >= 4 is 23.4 Å². The molecule has 1 aliphatic heterocycles. The second-order valence-corrected chi connectivity index (χ2v) is 6.98. The lowest BCUT2D eigenvalue weighted by atomic mass is 10.1. The molecule has 1 aromatic heterocycles. The van der Waals surface area contributed by atoms with Gasteiger partial charge >= 0.3 is 0 Å². The van der Waals surface area contributed by atoms with Gasteiger partial charge in [-0.15, -0.1) is 0 Å². The first-order chi connectivity index (χ1) is 13.3. The van der Waals surface area contributed by atoms with Gasteiger partial charge in [0.1, 0.15) is 11.4 Å². The van der Waals surface area contributed by atoms with Crippen molar-refractivity contribution in [1.29, 1.82) is 0 Å². The fourth-order valence-corrected chi connectivity index (χ4v) is 3.12. The average Bonchev–Trinajstić information content (AvgIpc) is 2.70. The third-order valence-corrected chi connectivity index (χ3v) is 4.85. The molecular weight excluding hydrogens is 356 g/mol. The first-order valence-corrected chi connectivity index (χ1v) is 9.25. The standard InChI is InChI=1S/C21H24N4O3/c1-14-7-8-15(2)19(13-14)23-20(27)17-5-4-6-18(22-17)21(28)25-11-9-24(10-12-25)16(3)26/h4-8,13H,9-12H2,1-3H3,(H,23,27). The third-order valence-electron chi connectivity index (χ3n) is 4.85. The van der Waals surface area contributed by atoms with Crippen LogP contribution >= 0.6 is 0 Å². The number of rotatable bonds is 3. The predicted molar refractivity (Wildman–Crippen MR) is 106 cm³/mol. The Kier molecular flexibility index (Phi) is 5.73. The summed E-state index contributed by atoms with van der Waals surface area (Å²) in [5, 5.41) is 2.86. The molecule has 146 valence electrons. The molecule has 7 nitrogen and oxygen atoms in total. The first-order valence-electron chi connectivity index (χ1n) is 9.25. The molecule has 7 heteroatoms. The lowest BCUT2D eigenvalue weighted by Crippen LogP contribution is -2.50. The van der Waals surface area contributed by atoms with Gasteiger partial charge in [-0.05, 0) is 43.2 Å². The van der Waals surface area contributed by atoms with Crippen LogP contribution < -0.4 is 5.32 Å². The van der Waals surface area contributed by atoms with Crippen LogP contribution in [0.25, 0.3) is 0 Å². The van der Waals surface area contributed by atoms with Crippen LogP contribution in [0.15, 0.2) is 36.4 Å². The van der Waals surface area contributed by atoms with E-state index < -0.39 is 0 Å². The summed E-state index contributed by atoms with van der Waals surface area (Å²) in [6.07, 6.45) is 0. The number of hydrogen-bond acceptors (Lipinski definition) is 4. The molecule has 2 heterocycles. The highest BCUT2D eigenvalue weighted by Crippen LogP contribution is 2.17. The molecule has 1 aliphatic rings. The summed E-state index contributed by atoms with van der Waals surface area (Å²) in [6.45, 7) is 7.33. The maximum atomic E-state index is 12.7. The summed E-state index contributed by atoms with van der Waals surface area (Å²) in [5.41, 5.74) is 3.14. The van der Waals surface area contributed by atoms with Gasteiger partial charge in [0.05, 0.1) is 0 Å². The van der Waals surface area contributed by atoms with Gasteiger partial charge in [-0.25, -0.2) is 4.98 Å². The number of benzene rings is 1. The molecule has 0 atom stereocenters. The smallest absolute Gasteiger partial charge is 0.274 e. The molecule has 1 N–H and O–H groups in total. The van der Waals surface area contributed by atoms with E-state index in [4.69, 9.17) is 0 Å². The van der Waals surface area contributed by atoms with Crippen molar-refractivity contribution in [1.82, 2.24) is 14.8 Å². The normalized spacial score (nSPS) is 14.0. The van der Waals surface area contributed by atoms with Crippen LogP contribution in [-0.4, -0.2) is 58.7 Å². The van der Waals surface area contributed by atoms with Gasteiger partial charge in [-0.1, -0.05) is 18.2 Å². The van der Waals surface area contributed by atoms with Crippen LogP contribution in [0.1, 0.15) is 39.0 Å². The fourth-order valence-electron chi connectivity index (χ4n) is 3.12. The summed E-state index contributed by atoms with van der Waals surface area (Å²) in [4.78, 5) is 44.4. The van der Waals surface area contributed by atoms with Crippen molar-refractivity contribution < 1.29 is 14.4 Å². The molecule has 0 bridgehead atoms. The number of aromatic nitrogens is 1. The van der Waals surface area contributed by atoms with Crippen molar-refractivity contribution in [3.05, 3.63) is 58.9 Å². The van der Waals surface area contributed by atoms with Crippen LogP contribution in [0, 0.1) is 13.8 Å². The van der Waals surface area contributed by atoms with Crippen LogP contribution in [0.5, 0.6) is 0 Å². The van der Waals surface area contributed by atoms with Gasteiger partial charge in [0.15, 0.2) is 0 Å². The van der Waals surface area contributed by atoms with E-state index in [1.807, 2.05) is 32.0 Å². The first kappa shape index (κ1) is 19.5. The van der Waals surface area contributed by atoms with Gasteiger partial charge in [-0.3, -0.25) is 14.4 Å². The van der Waals surface area contributed by atoms with E-state index in [9.17, 15) is 14.4 Å². The lowest BCUT2D eigenvalue weighted by molar-refractivity contribution is -0.130. The maximum Gasteiger partial charge on any atom is 0.274 e. The quantitative estimate of drug-likeness (QED) is 0.885. The van der Waals surface area contributed by atoms with Crippen LogP contribution in [-0.2, 0) is 4.79 Å². The topological polar surface area (TPSA) is 82.6 Å². The zero-order valence-corrected chi connectivity index (χ0v) is 16.4.